The summed E-state index contributed by atoms with van der Waals surface area (Å²) in [7, 11) is 0. The van der Waals surface area contributed by atoms with Crippen molar-refractivity contribution in [1.82, 2.24) is 10.2 Å². The van der Waals surface area contributed by atoms with E-state index in [2.05, 4.69) is 28.5 Å². The van der Waals surface area contributed by atoms with Crippen LogP contribution in [0.1, 0.15) is 37.8 Å². The molecule has 22 heavy (non-hydrogen) atoms. The first-order chi connectivity index (χ1) is 10.7. The van der Waals surface area contributed by atoms with E-state index in [1.54, 1.807) is 12.1 Å². The molecule has 2 amide bonds. The lowest BCUT2D eigenvalue weighted by molar-refractivity contribution is 0.238. The third kappa shape index (κ3) is 3.99. The second kappa shape index (κ2) is 7.81. The van der Waals surface area contributed by atoms with Gasteiger partial charge in [-0.2, -0.15) is 5.26 Å². The quantitative estimate of drug-likeness (QED) is 0.878. The summed E-state index contributed by atoms with van der Waals surface area (Å²) in [6, 6.07) is 7.74. The summed E-state index contributed by atoms with van der Waals surface area (Å²) >= 11 is 0. The first-order valence-corrected chi connectivity index (χ1v) is 7.99. The van der Waals surface area contributed by atoms with Crippen molar-refractivity contribution in [3.8, 4) is 6.07 Å². The molecule has 1 aliphatic heterocycles. The van der Waals surface area contributed by atoms with Gasteiger partial charge in [0.1, 0.15) is 0 Å². The topological polar surface area (TPSA) is 68.2 Å². The summed E-state index contributed by atoms with van der Waals surface area (Å²) in [5, 5.41) is 14.8. The van der Waals surface area contributed by atoms with Gasteiger partial charge >= 0.3 is 6.03 Å². The molecule has 2 N–H and O–H groups in total. The molecular weight excluding hydrogens is 276 g/mol. The largest absolute Gasteiger partial charge is 0.336 e. The van der Waals surface area contributed by atoms with Gasteiger partial charge < -0.3 is 10.6 Å². The molecule has 0 saturated carbocycles. The highest BCUT2D eigenvalue weighted by Crippen LogP contribution is 2.18. The number of hydrogen-bond acceptors (Lipinski definition) is 3. The smallest absolute Gasteiger partial charge is 0.319 e. The maximum Gasteiger partial charge on any atom is 0.319 e. The van der Waals surface area contributed by atoms with Crippen molar-refractivity contribution in [3.05, 3.63) is 29.3 Å². The van der Waals surface area contributed by atoms with Crippen LogP contribution in [0.3, 0.4) is 0 Å². The first-order valence-electron chi connectivity index (χ1n) is 7.99. The van der Waals surface area contributed by atoms with Crippen molar-refractivity contribution >= 4 is 11.7 Å². The number of rotatable bonds is 5. The van der Waals surface area contributed by atoms with Crippen LogP contribution < -0.4 is 10.6 Å². The lowest BCUT2D eigenvalue weighted by Crippen LogP contribution is -2.41. The number of aryl methyl sites for hydroxylation is 1. The highest BCUT2D eigenvalue weighted by Gasteiger charge is 2.23. The SMILES string of the molecule is CCc1cc(C#N)ccc1NC(=O)NC[C@@H]1CCCN1CC. The molecule has 1 aliphatic rings. The minimum absolute atomic E-state index is 0.178. The van der Waals surface area contributed by atoms with Gasteiger partial charge in [0.05, 0.1) is 11.6 Å². The Morgan fingerprint density at radius 1 is 1.45 bits per heavy atom. The fourth-order valence-corrected chi connectivity index (χ4v) is 3.00. The predicted octanol–water partition coefficient (Wildman–Crippen LogP) is 2.73. The maximum absolute atomic E-state index is 12.1. The molecule has 0 aromatic heterocycles. The number of nitrogens with one attached hydrogen (secondary N) is 2. The van der Waals surface area contributed by atoms with Crippen molar-refractivity contribution in [2.75, 3.05) is 25.0 Å². The number of nitrogens with zero attached hydrogens (tertiary/aromatic N) is 2. The summed E-state index contributed by atoms with van der Waals surface area (Å²) in [5.41, 5.74) is 2.37. The number of benzene rings is 1. The molecule has 2 rings (SSSR count). The van der Waals surface area contributed by atoms with E-state index in [1.165, 1.54) is 6.42 Å². The number of likely N-dealkylation sites (N-methyl/N-ethyl adjacent to an activating group) is 1. The Balaban J connectivity index is 1.91. The standard InChI is InChI=1S/C17H24N4O/c1-3-14-10-13(11-18)7-8-16(14)20-17(22)19-12-15-6-5-9-21(15)4-2/h7-8,10,15H,3-6,9,12H2,1-2H3,(H2,19,20,22)/t15-/m0/s1. The van der Waals surface area contributed by atoms with Crippen LogP contribution >= 0.6 is 0 Å². The third-order valence-electron chi connectivity index (χ3n) is 4.27. The van der Waals surface area contributed by atoms with E-state index in [0.717, 1.165) is 37.2 Å². The molecule has 0 aliphatic carbocycles. The van der Waals surface area contributed by atoms with Crippen LogP contribution in [0.2, 0.25) is 0 Å². The fraction of sp³-hybridized carbons (Fsp3) is 0.529. The fourth-order valence-electron chi connectivity index (χ4n) is 3.00. The highest BCUT2D eigenvalue weighted by atomic mass is 16.2. The Morgan fingerprint density at radius 3 is 2.95 bits per heavy atom. The summed E-state index contributed by atoms with van der Waals surface area (Å²) in [5.74, 6) is 0. The summed E-state index contributed by atoms with van der Waals surface area (Å²) in [6.45, 7) is 7.00. The van der Waals surface area contributed by atoms with E-state index in [1.807, 2.05) is 13.0 Å². The van der Waals surface area contributed by atoms with Gasteiger partial charge in [0.15, 0.2) is 0 Å². The molecule has 5 nitrogen and oxygen atoms in total. The van der Waals surface area contributed by atoms with Crippen molar-refractivity contribution in [2.45, 2.75) is 39.2 Å². The predicted molar refractivity (Wildman–Crippen MR) is 87.8 cm³/mol. The number of hydrogen-bond donors (Lipinski definition) is 2. The molecular formula is C17H24N4O. The molecule has 0 radical (unpaired) electrons. The summed E-state index contributed by atoms with van der Waals surface area (Å²) in [6.07, 6.45) is 3.12. The summed E-state index contributed by atoms with van der Waals surface area (Å²) < 4.78 is 0. The summed E-state index contributed by atoms with van der Waals surface area (Å²) in [4.78, 5) is 14.5. The van der Waals surface area contributed by atoms with Gasteiger partial charge in [-0.3, -0.25) is 4.90 Å². The number of amides is 2. The third-order valence-corrected chi connectivity index (χ3v) is 4.27. The molecule has 1 heterocycles. The zero-order valence-corrected chi connectivity index (χ0v) is 13.4. The van der Waals surface area contributed by atoms with E-state index in [4.69, 9.17) is 5.26 Å². The Kier molecular flexibility index (Phi) is 5.79. The molecule has 1 aromatic carbocycles. The van der Waals surface area contributed by atoms with Crippen LogP contribution in [0, 0.1) is 11.3 Å². The monoisotopic (exact) mass is 300 g/mol. The minimum Gasteiger partial charge on any atom is -0.336 e. The van der Waals surface area contributed by atoms with Gasteiger partial charge in [-0.05, 0) is 56.1 Å². The lowest BCUT2D eigenvalue weighted by Gasteiger charge is -2.23. The van der Waals surface area contributed by atoms with Gasteiger partial charge in [0.25, 0.3) is 0 Å². The maximum atomic E-state index is 12.1. The number of carbonyl (C=O) groups excluding carboxylic acids is 1. The Bertz CT molecular complexity index is 564. The first kappa shape index (κ1) is 16.3. The average molecular weight is 300 g/mol. The lowest BCUT2D eigenvalue weighted by atomic mass is 10.1. The zero-order chi connectivity index (χ0) is 15.9. The number of carbonyl (C=O) groups is 1. The average Bonchev–Trinajstić information content (AvgIpc) is 3.00. The van der Waals surface area contributed by atoms with E-state index >= 15 is 0 Å². The van der Waals surface area contributed by atoms with Gasteiger partial charge in [0, 0.05) is 18.3 Å². The molecule has 0 spiro atoms. The second-order valence-corrected chi connectivity index (χ2v) is 5.60. The second-order valence-electron chi connectivity index (χ2n) is 5.60. The molecule has 1 saturated heterocycles. The molecule has 1 fully saturated rings. The van der Waals surface area contributed by atoms with Gasteiger partial charge in [0.2, 0.25) is 0 Å². The molecule has 0 bridgehead atoms. The molecule has 0 unspecified atom stereocenters. The Labute approximate surface area is 132 Å². The van der Waals surface area contributed by atoms with E-state index in [-0.39, 0.29) is 6.03 Å². The van der Waals surface area contributed by atoms with Crippen LogP contribution in [0.5, 0.6) is 0 Å². The molecule has 118 valence electrons. The van der Waals surface area contributed by atoms with Crippen molar-refractivity contribution in [3.63, 3.8) is 0 Å². The Hall–Kier alpha value is -2.06. The Morgan fingerprint density at radius 2 is 2.27 bits per heavy atom. The van der Waals surface area contributed by atoms with E-state index in [0.29, 0.717) is 18.2 Å². The normalized spacial score (nSPS) is 18.0. The van der Waals surface area contributed by atoms with Crippen LogP contribution in [0.4, 0.5) is 10.5 Å². The van der Waals surface area contributed by atoms with Crippen LogP contribution in [-0.2, 0) is 6.42 Å². The van der Waals surface area contributed by atoms with Crippen LogP contribution in [0.15, 0.2) is 18.2 Å². The number of anilines is 1. The van der Waals surface area contributed by atoms with Gasteiger partial charge in [-0.15, -0.1) is 0 Å². The van der Waals surface area contributed by atoms with E-state index in [9.17, 15) is 4.79 Å². The van der Waals surface area contributed by atoms with Crippen molar-refractivity contribution in [1.29, 1.82) is 5.26 Å². The van der Waals surface area contributed by atoms with E-state index < -0.39 is 0 Å². The van der Waals surface area contributed by atoms with Gasteiger partial charge in [-0.1, -0.05) is 13.8 Å². The molecule has 1 atom stereocenters. The van der Waals surface area contributed by atoms with Crippen LogP contribution in [0.25, 0.3) is 0 Å². The highest BCUT2D eigenvalue weighted by molar-refractivity contribution is 5.90. The molecule has 1 aromatic rings. The van der Waals surface area contributed by atoms with Crippen molar-refractivity contribution in [2.24, 2.45) is 0 Å². The van der Waals surface area contributed by atoms with Crippen molar-refractivity contribution < 1.29 is 4.79 Å². The minimum atomic E-state index is -0.178. The number of likely N-dealkylation sites (tertiary alicyclic amines) is 1. The molecule has 5 heteroatoms. The van der Waals surface area contributed by atoms with Gasteiger partial charge in [-0.25, -0.2) is 4.79 Å². The number of urea groups is 1. The number of nitriles is 1. The zero-order valence-electron chi connectivity index (χ0n) is 13.4. The van der Waals surface area contributed by atoms with Crippen LogP contribution in [-0.4, -0.2) is 36.6 Å².